The first-order chi connectivity index (χ1) is 17.4. The Balaban J connectivity index is 1.87. The number of hydrogen-bond acceptors (Lipinski definition) is 6. The summed E-state index contributed by atoms with van der Waals surface area (Å²) in [4.78, 5) is 29.2. The molecule has 1 unspecified atom stereocenters. The molecule has 1 aliphatic rings. The molecule has 3 aromatic rings. The van der Waals surface area contributed by atoms with Gasteiger partial charge in [-0.3, -0.25) is 9.59 Å². The van der Waals surface area contributed by atoms with Crippen molar-refractivity contribution in [2.75, 3.05) is 33.5 Å². The number of carbonyl (C=O) groups excluding carboxylic acids is 1. The lowest BCUT2D eigenvalue weighted by atomic mass is 9.96. The summed E-state index contributed by atoms with van der Waals surface area (Å²) >= 11 is 0. The zero-order valence-electron chi connectivity index (χ0n) is 21.8. The van der Waals surface area contributed by atoms with Gasteiger partial charge in [0, 0.05) is 20.3 Å². The molecule has 0 aliphatic carbocycles. The van der Waals surface area contributed by atoms with Crippen molar-refractivity contribution in [1.82, 2.24) is 4.90 Å². The predicted molar refractivity (Wildman–Crippen MR) is 139 cm³/mol. The molecule has 192 valence electrons. The van der Waals surface area contributed by atoms with Crippen LogP contribution >= 0.6 is 0 Å². The van der Waals surface area contributed by atoms with Gasteiger partial charge in [0.25, 0.3) is 5.91 Å². The molecule has 1 aromatic heterocycles. The van der Waals surface area contributed by atoms with E-state index in [0.717, 1.165) is 29.5 Å². The molecular weight excluding hydrogens is 458 g/mol. The van der Waals surface area contributed by atoms with E-state index in [2.05, 4.69) is 6.92 Å². The van der Waals surface area contributed by atoms with Gasteiger partial charge < -0.3 is 23.5 Å². The molecule has 0 spiro atoms. The minimum absolute atomic E-state index is 0.112. The third-order valence-electron chi connectivity index (χ3n) is 6.50. The lowest BCUT2D eigenvalue weighted by molar-refractivity contribution is 0.0707. The van der Waals surface area contributed by atoms with Crippen molar-refractivity contribution in [2.45, 2.75) is 53.0 Å². The van der Waals surface area contributed by atoms with Gasteiger partial charge >= 0.3 is 0 Å². The van der Waals surface area contributed by atoms with Crippen LogP contribution in [-0.2, 0) is 4.74 Å². The van der Waals surface area contributed by atoms with E-state index < -0.39 is 6.04 Å². The zero-order valence-corrected chi connectivity index (χ0v) is 21.8. The molecule has 4 rings (SSSR count). The van der Waals surface area contributed by atoms with Crippen LogP contribution in [0.3, 0.4) is 0 Å². The van der Waals surface area contributed by atoms with Crippen LogP contribution in [0, 0.1) is 13.8 Å². The van der Waals surface area contributed by atoms with Gasteiger partial charge in [0.15, 0.2) is 16.9 Å². The quantitative estimate of drug-likeness (QED) is 0.325. The normalized spacial score (nSPS) is 15.0. The molecule has 2 aromatic carbocycles. The average molecular weight is 494 g/mol. The van der Waals surface area contributed by atoms with Crippen molar-refractivity contribution >= 4 is 16.9 Å². The van der Waals surface area contributed by atoms with E-state index >= 15 is 0 Å². The number of hydrogen-bond donors (Lipinski definition) is 0. The number of ether oxygens (including phenoxy) is 3. The maximum absolute atomic E-state index is 13.9. The molecule has 0 bridgehead atoms. The van der Waals surface area contributed by atoms with Crippen molar-refractivity contribution in [1.29, 1.82) is 0 Å². The van der Waals surface area contributed by atoms with E-state index in [0.29, 0.717) is 60.8 Å². The second kappa shape index (κ2) is 11.2. The lowest BCUT2D eigenvalue weighted by Crippen LogP contribution is -2.31. The van der Waals surface area contributed by atoms with Crippen molar-refractivity contribution in [3.63, 3.8) is 0 Å². The van der Waals surface area contributed by atoms with Gasteiger partial charge in [0.05, 0.1) is 30.2 Å². The number of aryl methyl sites for hydroxylation is 2. The maximum atomic E-state index is 13.9. The molecule has 0 radical (unpaired) electrons. The summed E-state index contributed by atoms with van der Waals surface area (Å²) in [5.41, 5.74) is 3.23. The van der Waals surface area contributed by atoms with Gasteiger partial charge in [-0.1, -0.05) is 25.5 Å². The minimum Gasteiger partial charge on any atom is -0.490 e. The summed E-state index contributed by atoms with van der Waals surface area (Å²) in [6.07, 6.45) is 2.61. The van der Waals surface area contributed by atoms with Gasteiger partial charge in [0.2, 0.25) is 5.76 Å². The third-order valence-corrected chi connectivity index (χ3v) is 6.50. The van der Waals surface area contributed by atoms with E-state index in [1.807, 2.05) is 51.1 Å². The number of benzene rings is 2. The SMILES string of the molecule is CCCCOc1ccc(C2c3c(oc4cc(C)cc(C)c4c3=O)C(=O)N2CCCOC)cc1OCC. The first-order valence-electron chi connectivity index (χ1n) is 12.7. The zero-order chi connectivity index (χ0) is 25.8. The van der Waals surface area contributed by atoms with E-state index in [1.165, 1.54) is 0 Å². The average Bonchev–Trinajstić information content (AvgIpc) is 3.12. The van der Waals surface area contributed by atoms with Gasteiger partial charge in [-0.25, -0.2) is 0 Å². The molecule has 0 N–H and O–H groups in total. The molecule has 7 nitrogen and oxygen atoms in total. The second-order valence-corrected chi connectivity index (χ2v) is 9.22. The molecule has 0 saturated carbocycles. The Bertz CT molecular complexity index is 1310. The Morgan fingerprint density at radius 2 is 1.78 bits per heavy atom. The highest BCUT2D eigenvalue weighted by Gasteiger charge is 2.43. The molecule has 36 heavy (non-hydrogen) atoms. The minimum atomic E-state index is -0.588. The number of carbonyl (C=O) groups is 1. The van der Waals surface area contributed by atoms with Gasteiger partial charge in [-0.05, 0) is 68.5 Å². The smallest absolute Gasteiger partial charge is 0.290 e. The Kier molecular flexibility index (Phi) is 7.99. The first-order valence-corrected chi connectivity index (χ1v) is 12.7. The molecule has 1 aliphatic heterocycles. The number of unbranched alkanes of at least 4 members (excludes halogenated alkanes) is 1. The number of amides is 1. The molecule has 1 amide bonds. The fourth-order valence-corrected chi connectivity index (χ4v) is 4.88. The monoisotopic (exact) mass is 493 g/mol. The highest BCUT2D eigenvalue weighted by Crippen LogP contribution is 2.41. The Hall–Kier alpha value is -3.32. The van der Waals surface area contributed by atoms with Crippen molar-refractivity contribution < 1.29 is 23.4 Å². The van der Waals surface area contributed by atoms with Crippen LogP contribution in [0.2, 0.25) is 0 Å². The van der Waals surface area contributed by atoms with Gasteiger partial charge in [-0.2, -0.15) is 0 Å². The van der Waals surface area contributed by atoms with Crippen molar-refractivity contribution in [3.8, 4) is 11.5 Å². The van der Waals surface area contributed by atoms with Crippen LogP contribution in [0.15, 0.2) is 39.5 Å². The molecule has 2 heterocycles. The number of methoxy groups -OCH3 is 1. The van der Waals surface area contributed by atoms with Crippen molar-refractivity contribution in [3.05, 3.63) is 68.6 Å². The van der Waals surface area contributed by atoms with Crippen LogP contribution in [0.25, 0.3) is 11.0 Å². The largest absolute Gasteiger partial charge is 0.490 e. The van der Waals surface area contributed by atoms with Crippen molar-refractivity contribution in [2.24, 2.45) is 0 Å². The fourth-order valence-electron chi connectivity index (χ4n) is 4.88. The van der Waals surface area contributed by atoms with Crippen LogP contribution in [0.1, 0.15) is 72.0 Å². The van der Waals surface area contributed by atoms with Crippen LogP contribution < -0.4 is 14.9 Å². The summed E-state index contributed by atoms with van der Waals surface area (Å²) < 4.78 is 23.2. The molecular formula is C29H35NO6. The predicted octanol–water partition coefficient (Wildman–Crippen LogP) is 5.57. The topological polar surface area (TPSA) is 78.2 Å². The molecule has 1 atom stereocenters. The van der Waals surface area contributed by atoms with E-state index in [4.69, 9.17) is 18.6 Å². The van der Waals surface area contributed by atoms with Gasteiger partial charge in [-0.15, -0.1) is 0 Å². The first kappa shape index (κ1) is 25.8. The summed E-state index contributed by atoms with van der Waals surface area (Å²) in [6, 6.07) is 8.84. The Morgan fingerprint density at radius 3 is 2.50 bits per heavy atom. The molecule has 0 fully saturated rings. The summed E-state index contributed by atoms with van der Waals surface area (Å²) in [6.45, 7) is 9.86. The standard InChI is InChI=1S/C29H35NO6/c1-6-8-14-35-21-11-10-20(17-22(21)34-7-2)26-25-27(31)24-19(4)15-18(3)16-23(24)36-28(25)29(32)30(26)12-9-13-33-5/h10-11,15-17,26H,6-9,12-14H2,1-5H3. The highest BCUT2D eigenvalue weighted by atomic mass is 16.5. The third kappa shape index (κ3) is 4.85. The summed E-state index contributed by atoms with van der Waals surface area (Å²) in [5.74, 6) is 1.08. The summed E-state index contributed by atoms with van der Waals surface area (Å²) in [7, 11) is 1.63. The number of rotatable bonds is 11. The maximum Gasteiger partial charge on any atom is 0.290 e. The number of nitrogens with zero attached hydrogens (tertiary/aromatic N) is 1. The second-order valence-electron chi connectivity index (χ2n) is 9.22. The lowest BCUT2D eigenvalue weighted by Gasteiger charge is -2.26. The van der Waals surface area contributed by atoms with E-state index in [1.54, 1.807) is 12.0 Å². The fraction of sp³-hybridized carbons (Fsp3) is 0.448. The Morgan fingerprint density at radius 1 is 0.972 bits per heavy atom. The van der Waals surface area contributed by atoms with E-state index in [-0.39, 0.29) is 17.1 Å². The van der Waals surface area contributed by atoms with Gasteiger partial charge in [0.1, 0.15) is 5.58 Å². The van der Waals surface area contributed by atoms with E-state index in [9.17, 15) is 9.59 Å². The summed E-state index contributed by atoms with van der Waals surface area (Å²) in [5, 5.41) is 0.514. The van der Waals surface area contributed by atoms with Crippen LogP contribution in [0.5, 0.6) is 11.5 Å². The van der Waals surface area contributed by atoms with Crippen LogP contribution in [-0.4, -0.2) is 44.3 Å². The number of fused-ring (bicyclic) bond motifs is 2. The molecule has 7 heteroatoms. The van der Waals surface area contributed by atoms with Crippen LogP contribution in [0.4, 0.5) is 0 Å². The molecule has 0 saturated heterocycles. The highest BCUT2D eigenvalue weighted by molar-refractivity contribution is 5.99. The Labute approximate surface area is 212 Å².